The van der Waals surface area contributed by atoms with Crippen molar-refractivity contribution in [1.82, 2.24) is 0 Å². The minimum atomic E-state index is -1.39. The first-order valence-corrected chi connectivity index (χ1v) is 13.1. The van der Waals surface area contributed by atoms with Gasteiger partial charge in [-0.25, -0.2) is 9.59 Å². The topological polar surface area (TPSA) is 108 Å². The van der Waals surface area contributed by atoms with Crippen LogP contribution in [-0.4, -0.2) is 34.6 Å². The summed E-state index contributed by atoms with van der Waals surface area (Å²) in [4.78, 5) is 37.2. The van der Waals surface area contributed by atoms with Crippen LogP contribution in [0.2, 0.25) is 0 Å². The second-order valence-electron chi connectivity index (χ2n) is 12.8. The van der Waals surface area contributed by atoms with Gasteiger partial charge in [0.05, 0.1) is 0 Å². The molecule has 0 aliphatic heterocycles. The van der Waals surface area contributed by atoms with Crippen molar-refractivity contribution < 1.29 is 38.4 Å². The zero-order valence-electron chi connectivity index (χ0n) is 24.5. The number of carboxylic acids is 1. The van der Waals surface area contributed by atoms with Gasteiger partial charge in [-0.15, -0.1) is 0 Å². The Morgan fingerprint density at radius 3 is 1.26 bits per heavy atom. The first kappa shape index (κ1) is 31.7. The second-order valence-corrected chi connectivity index (χ2v) is 12.8. The molecule has 1 N–H and O–H groups in total. The zero-order chi connectivity index (χ0) is 29.6. The van der Waals surface area contributed by atoms with Gasteiger partial charge in [0.25, 0.3) is 0 Å². The van der Waals surface area contributed by atoms with Crippen LogP contribution in [0.15, 0.2) is 48.5 Å². The third-order valence-electron chi connectivity index (χ3n) is 5.72. The maximum atomic E-state index is 13.0. The highest BCUT2D eigenvalue weighted by Gasteiger charge is 2.42. The summed E-state index contributed by atoms with van der Waals surface area (Å²) < 4.78 is 20.9. The van der Waals surface area contributed by atoms with Gasteiger partial charge in [0.1, 0.15) is 28.1 Å². The van der Waals surface area contributed by atoms with Crippen molar-refractivity contribution in [2.75, 3.05) is 0 Å². The largest absolute Gasteiger partial charge is 0.514 e. The van der Waals surface area contributed by atoms with Crippen LogP contribution in [0.3, 0.4) is 0 Å². The second kappa shape index (κ2) is 12.1. The summed E-state index contributed by atoms with van der Waals surface area (Å²) in [7, 11) is 0. The first-order chi connectivity index (χ1) is 17.8. The van der Waals surface area contributed by atoms with Gasteiger partial charge in [-0.1, -0.05) is 51.5 Å². The number of benzene rings is 2. The van der Waals surface area contributed by atoms with Gasteiger partial charge in [0, 0.05) is 0 Å². The highest BCUT2D eigenvalue weighted by molar-refractivity contribution is 5.86. The van der Waals surface area contributed by atoms with Crippen LogP contribution in [-0.2, 0) is 19.7 Å². The number of rotatable bonds is 8. The van der Waals surface area contributed by atoms with Crippen molar-refractivity contribution in [2.45, 2.75) is 98.2 Å². The smallest absolute Gasteiger partial charge is 0.480 e. The van der Waals surface area contributed by atoms with Crippen molar-refractivity contribution >= 4 is 18.3 Å². The Bertz CT molecular complexity index is 1050. The minimum Gasteiger partial charge on any atom is -0.480 e. The fourth-order valence-corrected chi connectivity index (χ4v) is 4.04. The van der Waals surface area contributed by atoms with E-state index in [-0.39, 0.29) is 16.9 Å². The van der Waals surface area contributed by atoms with E-state index in [4.69, 9.17) is 18.9 Å². The molecule has 0 bridgehead atoms. The number of hydrogen-bond acceptors (Lipinski definition) is 7. The van der Waals surface area contributed by atoms with Crippen molar-refractivity contribution in [3.8, 4) is 11.5 Å². The van der Waals surface area contributed by atoms with Crippen LogP contribution in [0, 0.1) is 5.41 Å². The van der Waals surface area contributed by atoms with Gasteiger partial charge < -0.3 is 24.1 Å². The number of aliphatic carboxylic acids is 1. The molecule has 0 aliphatic rings. The predicted molar refractivity (Wildman–Crippen MR) is 148 cm³/mol. The monoisotopic (exact) mass is 542 g/mol. The van der Waals surface area contributed by atoms with E-state index in [1.807, 2.05) is 0 Å². The molecule has 0 saturated heterocycles. The summed E-state index contributed by atoms with van der Waals surface area (Å²) in [6.07, 6.45) is 0.123. The summed E-state index contributed by atoms with van der Waals surface area (Å²) in [5.41, 5.74) is -1.72. The summed E-state index contributed by atoms with van der Waals surface area (Å²) >= 11 is 0. The fourth-order valence-electron chi connectivity index (χ4n) is 4.04. The Morgan fingerprint density at radius 2 is 0.974 bits per heavy atom. The Hall–Kier alpha value is -3.55. The van der Waals surface area contributed by atoms with Crippen LogP contribution in [0.5, 0.6) is 11.5 Å². The minimum absolute atomic E-state index is 0.0282. The fraction of sp³-hybridized carbons (Fsp3) is 0.516. The van der Waals surface area contributed by atoms with Crippen LogP contribution in [0.1, 0.15) is 92.7 Å². The molecular formula is C31H42O8. The lowest BCUT2D eigenvalue weighted by Gasteiger charge is -2.32. The normalized spacial score (nSPS) is 12.4. The van der Waals surface area contributed by atoms with Crippen LogP contribution < -0.4 is 9.47 Å². The lowest BCUT2D eigenvalue weighted by atomic mass is 9.70. The molecule has 2 aromatic carbocycles. The van der Waals surface area contributed by atoms with Gasteiger partial charge in [-0.2, -0.15) is 0 Å². The molecule has 0 radical (unpaired) electrons. The molecule has 39 heavy (non-hydrogen) atoms. The Kier molecular flexibility index (Phi) is 9.82. The van der Waals surface area contributed by atoms with E-state index in [9.17, 15) is 19.5 Å². The summed E-state index contributed by atoms with van der Waals surface area (Å²) in [6.45, 7) is 16.8. The maximum Gasteiger partial charge on any atom is 0.514 e. The predicted octanol–water partition coefficient (Wildman–Crippen LogP) is 7.90. The van der Waals surface area contributed by atoms with E-state index >= 15 is 0 Å². The third kappa shape index (κ3) is 9.93. The van der Waals surface area contributed by atoms with Gasteiger partial charge >= 0.3 is 18.3 Å². The Morgan fingerprint density at radius 1 is 0.615 bits per heavy atom. The molecule has 0 spiro atoms. The molecule has 8 nitrogen and oxygen atoms in total. The lowest BCUT2D eigenvalue weighted by molar-refractivity contribution is -0.142. The zero-order valence-corrected chi connectivity index (χ0v) is 24.5. The summed E-state index contributed by atoms with van der Waals surface area (Å²) in [5, 5.41) is 10.6. The number of carbonyl (C=O) groups excluding carboxylic acids is 2. The molecule has 8 heteroatoms. The summed E-state index contributed by atoms with van der Waals surface area (Å²) in [5.74, 6) is -0.538. The van der Waals surface area contributed by atoms with Crippen LogP contribution in [0.4, 0.5) is 9.59 Å². The van der Waals surface area contributed by atoms with Crippen molar-refractivity contribution in [1.29, 1.82) is 0 Å². The molecule has 0 aromatic heterocycles. The highest BCUT2D eigenvalue weighted by Crippen LogP contribution is 2.40. The molecule has 0 fully saturated rings. The van der Waals surface area contributed by atoms with Crippen molar-refractivity contribution in [3.63, 3.8) is 0 Å². The first-order valence-electron chi connectivity index (χ1n) is 13.1. The standard InChI is InChI=1S/C31H42O8/c1-28(2,3)19-10-20-31(25(32)33,21-11-15-23(16-12-21)36-26(34)38-29(4,5)6)22-13-17-24(18-14-22)37-27(35)39-30(7,8)9/h11-18H,10,19-20H2,1-9H3,(H,32,33). The van der Waals surface area contributed by atoms with Crippen molar-refractivity contribution in [3.05, 3.63) is 59.7 Å². The molecule has 0 heterocycles. The van der Waals surface area contributed by atoms with Gasteiger partial charge in [0.2, 0.25) is 0 Å². The molecule has 0 atom stereocenters. The van der Waals surface area contributed by atoms with E-state index in [1.165, 1.54) is 0 Å². The SMILES string of the molecule is CC(C)(C)CCCC(C(=O)O)(c1ccc(OC(=O)OC(C)(C)C)cc1)c1ccc(OC(=O)OC(C)(C)C)cc1. The van der Waals surface area contributed by atoms with E-state index < -0.39 is 34.9 Å². The van der Waals surface area contributed by atoms with E-state index in [1.54, 1.807) is 90.1 Å². The average molecular weight is 543 g/mol. The molecule has 0 amide bonds. The maximum absolute atomic E-state index is 13.0. The molecule has 0 saturated carbocycles. The number of ether oxygens (including phenoxy) is 4. The van der Waals surface area contributed by atoms with E-state index in [2.05, 4.69) is 20.8 Å². The average Bonchev–Trinajstić information content (AvgIpc) is 2.74. The molecule has 214 valence electrons. The third-order valence-corrected chi connectivity index (χ3v) is 5.72. The molecule has 0 unspecified atom stereocenters. The number of carboxylic acid groups (broad SMARTS) is 1. The molecule has 0 aliphatic carbocycles. The van der Waals surface area contributed by atoms with Gasteiger partial charge in [-0.3, -0.25) is 4.79 Å². The number of carbonyl (C=O) groups is 3. The number of hydrogen-bond donors (Lipinski definition) is 1. The Balaban J connectivity index is 2.42. The van der Waals surface area contributed by atoms with Crippen LogP contribution in [0.25, 0.3) is 0 Å². The van der Waals surface area contributed by atoms with E-state index in [0.717, 1.165) is 6.42 Å². The van der Waals surface area contributed by atoms with Crippen LogP contribution >= 0.6 is 0 Å². The van der Waals surface area contributed by atoms with Crippen molar-refractivity contribution in [2.24, 2.45) is 5.41 Å². The van der Waals surface area contributed by atoms with Gasteiger partial charge in [-0.05, 0) is 95.2 Å². The summed E-state index contributed by atoms with van der Waals surface area (Å²) in [6, 6.07) is 12.8. The lowest BCUT2D eigenvalue weighted by Crippen LogP contribution is -2.37. The highest BCUT2D eigenvalue weighted by atomic mass is 16.7. The molecular weight excluding hydrogens is 500 g/mol. The Labute approximate surface area is 231 Å². The molecule has 2 rings (SSSR count). The molecule has 2 aromatic rings. The van der Waals surface area contributed by atoms with E-state index in [0.29, 0.717) is 24.0 Å². The quantitative estimate of drug-likeness (QED) is 0.265. The van der Waals surface area contributed by atoms with Gasteiger partial charge in [0.15, 0.2) is 0 Å².